The van der Waals surface area contributed by atoms with Crippen molar-refractivity contribution in [2.45, 2.75) is 19.0 Å². The molecule has 1 aromatic carbocycles. The molecule has 0 bridgehead atoms. The first-order valence-corrected chi connectivity index (χ1v) is 7.29. The van der Waals surface area contributed by atoms with E-state index >= 15 is 0 Å². The number of benzene rings is 1. The Bertz CT molecular complexity index is 810. The smallest absolute Gasteiger partial charge is 0.405 e. The lowest BCUT2D eigenvalue weighted by molar-refractivity contribution is 0.190. The number of carboxylic acid groups (broad SMARTS) is 1. The largest absolute Gasteiger partial charge is 0.478 e. The van der Waals surface area contributed by atoms with Crippen LogP contribution in [0.25, 0.3) is 10.9 Å². The van der Waals surface area contributed by atoms with Crippen molar-refractivity contribution in [3.8, 4) is 11.8 Å². The minimum atomic E-state index is -1.08. The first-order valence-electron chi connectivity index (χ1n) is 6.53. The van der Waals surface area contributed by atoms with Crippen LogP contribution in [0.3, 0.4) is 0 Å². The van der Waals surface area contributed by atoms with Crippen molar-refractivity contribution < 1.29 is 14.6 Å². The lowest BCUT2D eigenvalue weighted by atomic mass is 10.1. The number of nitrogens with zero attached hydrogens (tertiary/aromatic N) is 2. The Balaban J connectivity index is 2.16. The fraction of sp³-hybridized carbons (Fsp3) is 0.286. The molecule has 22 heavy (non-hydrogen) atoms. The maximum atomic E-state index is 10.9. The predicted octanol–water partition coefficient (Wildman–Crippen LogP) is 3.56. The van der Waals surface area contributed by atoms with Gasteiger partial charge in [0.15, 0.2) is 6.61 Å². The van der Waals surface area contributed by atoms with Crippen LogP contribution >= 0.6 is 23.2 Å². The highest BCUT2D eigenvalue weighted by Crippen LogP contribution is 2.43. The molecule has 2 heterocycles. The number of amides is 1. The van der Waals surface area contributed by atoms with Gasteiger partial charge in [-0.2, -0.15) is 5.26 Å². The molecule has 1 aliphatic heterocycles. The van der Waals surface area contributed by atoms with Gasteiger partial charge in [-0.15, -0.1) is 0 Å². The summed E-state index contributed by atoms with van der Waals surface area (Å²) in [5.41, 5.74) is 1.51. The zero-order valence-electron chi connectivity index (χ0n) is 11.3. The van der Waals surface area contributed by atoms with Crippen molar-refractivity contribution in [3.05, 3.63) is 27.9 Å². The molecule has 0 fully saturated rings. The summed E-state index contributed by atoms with van der Waals surface area (Å²) >= 11 is 12.4. The summed E-state index contributed by atoms with van der Waals surface area (Å²) in [4.78, 5) is 10.9. The van der Waals surface area contributed by atoms with E-state index in [4.69, 9.17) is 38.3 Å². The summed E-state index contributed by atoms with van der Waals surface area (Å²) in [6.07, 6.45) is -0.428. The minimum absolute atomic E-state index is 0.107. The normalized spacial score (nSPS) is 16.3. The Hall–Kier alpha value is -2.10. The molecule has 0 unspecified atom stereocenters. The molecule has 0 saturated heterocycles. The second kappa shape index (κ2) is 5.59. The van der Waals surface area contributed by atoms with E-state index in [1.165, 1.54) is 0 Å². The van der Waals surface area contributed by atoms with Gasteiger partial charge in [-0.05, 0) is 12.5 Å². The highest BCUT2D eigenvalue weighted by atomic mass is 35.5. The number of ether oxygens (including phenoxy) is 1. The summed E-state index contributed by atoms with van der Waals surface area (Å²) in [7, 11) is 0. The number of hydrogen-bond donors (Lipinski definition) is 2. The van der Waals surface area contributed by atoms with Crippen LogP contribution in [0.4, 0.5) is 4.79 Å². The van der Waals surface area contributed by atoms with Crippen molar-refractivity contribution in [1.82, 2.24) is 9.88 Å². The van der Waals surface area contributed by atoms with Crippen molar-refractivity contribution in [2.24, 2.45) is 0 Å². The zero-order chi connectivity index (χ0) is 15.9. The summed E-state index contributed by atoms with van der Waals surface area (Å²) in [5, 5.41) is 21.5. The Morgan fingerprint density at radius 2 is 2.32 bits per heavy atom. The van der Waals surface area contributed by atoms with Gasteiger partial charge >= 0.3 is 6.09 Å². The van der Waals surface area contributed by atoms with E-state index in [1.807, 2.05) is 16.7 Å². The molecule has 0 saturated carbocycles. The van der Waals surface area contributed by atoms with Crippen LogP contribution in [0.2, 0.25) is 10.0 Å². The number of hydrogen-bond acceptors (Lipinski definition) is 3. The van der Waals surface area contributed by atoms with Crippen LogP contribution in [0.5, 0.6) is 5.75 Å². The second-order valence-corrected chi connectivity index (χ2v) is 5.68. The monoisotopic (exact) mass is 339 g/mol. The average Bonchev–Trinajstić information content (AvgIpc) is 3.01. The Morgan fingerprint density at radius 1 is 1.55 bits per heavy atom. The van der Waals surface area contributed by atoms with Crippen molar-refractivity contribution in [1.29, 1.82) is 5.26 Å². The SMILES string of the molecule is N#CCOc1cc(Cl)c(Cl)c2c1cc1n2CC[C@@H]1NC(=O)O. The predicted molar refractivity (Wildman–Crippen MR) is 81.6 cm³/mol. The molecule has 6 nitrogen and oxygen atoms in total. The van der Waals surface area contributed by atoms with E-state index in [0.717, 1.165) is 11.1 Å². The number of fused-ring (bicyclic) bond motifs is 3. The average molecular weight is 340 g/mol. The maximum absolute atomic E-state index is 10.9. The van der Waals surface area contributed by atoms with Gasteiger partial charge in [0.25, 0.3) is 0 Å². The molecule has 2 aromatic rings. The minimum Gasteiger partial charge on any atom is -0.478 e. The number of nitrogens with one attached hydrogen (secondary N) is 1. The molecular formula is C14H11Cl2N3O3. The standard InChI is InChI=1S/C14H11Cl2N3O3/c15-8-6-11(22-4-2-17)7-5-10-9(18-14(20)21)1-3-19(10)13(7)12(8)16/h5-6,9,18H,1,3-4H2,(H,20,21)/t9-/m0/s1. The van der Waals surface area contributed by atoms with Gasteiger partial charge in [0.1, 0.15) is 11.8 Å². The molecular weight excluding hydrogens is 329 g/mol. The van der Waals surface area contributed by atoms with Gasteiger partial charge in [-0.1, -0.05) is 23.2 Å². The number of halogens is 2. The highest BCUT2D eigenvalue weighted by molar-refractivity contribution is 6.45. The maximum Gasteiger partial charge on any atom is 0.405 e. The number of nitriles is 1. The van der Waals surface area contributed by atoms with E-state index in [0.29, 0.717) is 34.3 Å². The molecule has 114 valence electrons. The first kappa shape index (κ1) is 14.8. The molecule has 0 aliphatic carbocycles. The second-order valence-electron chi connectivity index (χ2n) is 4.89. The third kappa shape index (κ3) is 2.32. The highest BCUT2D eigenvalue weighted by Gasteiger charge is 2.28. The molecule has 2 N–H and O–H groups in total. The van der Waals surface area contributed by atoms with E-state index in [2.05, 4.69) is 5.32 Å². The Labute approximate surface area is 135 Å². The lowest BCUT2D eigenvalue weighted by Gasteiger charge is -2.09. The first-order chi connectivity index (χ1) is 10.5. The molecule has 1 atom stereocenters. The summed E-state index contributed by atoms with van der Waals surface area (Å²) in [5.74, 6) is 0.460. The van der Waals surface area contributed by atoms with Crippen LogP contribution in [-0.4, -0.2) is 22.4 Å². The van der Waals surface area contributed by atoms with E-state index < -0.39 is 6.09 Å². The molecule has 8 heteroatoms. The Kier molecular flexibility index (Phi) is 3.77. The summed E-state index contributed by atoms with van der Waals surface area (Å²) in [6.45, 7) is 0.520. The molecule has 0 radical (unpaired) electrons. The quantitative estimate of drug-likeness (QED) is 0.894. The van der Waals surface area contributed by atoms with Gasteiger partial charge in [0.2, 0.25) is 0 Å². The van der Waals surface area contributed by atoms with Crippen molar-refractivity contribution in [3.63, 3.8) is 0 Å². The van der Waals surface area contributed by atoms with Crippen molar-refractivity contribution >= 4 is 40.2 Å². The van der Waals surface area contributed by atoms with Gasteiger partial charge in [0.05, 0.1) is 21.6 Å². The zero-order valence-corrected chi connectivity index (χ0v) is 12.8. The van der Waals surface area contributed by atoms with Gasteiger partial charge < -0.3 is 19.7 Å². The van der Waals surface area contributed by atoms with Gasteiger partial charge in [0, 0.05) is 23.7 Å². The topological polar surface area (TPSA) is 87.3 Å². The fourth-order valence-electron chi connectivity index (χ4n) is 2.82. The number of carbonyl (C=O) groups is 1. The van der Waals surface area contributed by atoms with Crippen LogP contribution in [0.1, 0.15) is 18.2 Å². The van der Waals surface area contributed by atoms with Crippen LogP contribution < -0.4 is 10.1 Å². The molecule has 0 spiro atoms. The van der Waals surface area contributed by atoms with E-state index in [-0.39, 0.29) is 12.6 Å². The van der Waals surface area contributed by atoms with Crippen molar-refractivity contribution in [2.75, 3.05) is 6.61 Å². The lowest BCUT2D eigenvalue weighted by Crippen LogP contribution is -2.24. The molecule has 1 amide bonds. The van der Waals surface area contributed by atoms with Crippen LogP contribution in [0, 0.1) is 11.3 Å². The van der Waals surface area contributed by atoms with Gasteiger partial charge in [-0.25, -0.2) is 4.79 Å². The molecule has 1 aliphatic rings. The fourth-order valence-corrected chi connectivity index (χ4v) is 3.27. The number of rotatable bonds is 3. The number of aryl methyl sites for hydroxylation is 1. The van der Waals surface area contributed by atoms with E-state index in [9.17, 15) is 4.79 Å². The third-order valence-corrected chi connectivity index (χ3v) is 4.44. The van der Waals surface area contributed by atoms with E-state index in [1.54, 1.807) is 6.07 Å². The summed E-state index contributed by atoms with van der Waals surface area (Å²) in [6, 6.07) is 5.00. The molecule has 3 rings (SSSR count). The summed E-state index contributed by atoms with van der Waals surface area (Å²) < 4.78 is 7.34. The van der Waals surface area contributed by atoms with Crippen LogP contribution in [-0.2, 0) is 6.54 Å². The molecule has 1 aromatic heterocycles. The number of aromatic nitrogens is 1. The third-order valence-electron chi connectivity index (χ3n) is 3.66. The van der Waals surface area contributed by atoms with Gasteiger partial charge in [-0.3, -0.25) is 0 Å². The Morgan fingerprint density at radius 3 is 3.00 bits per heavy atom. The van der Waals surface area contributed by atoms with Crippen LogP contribution in [0.15, 0.2) is 12.1 Å².